The van der Waals surface area contributed by atoms with Crippen LogP contribution in [0.1, 0.15) is 213 Å². The van der Waals surface area contributed by atoms with Crippen LogP contribution in [0.25, 0.3) is 0 Å². The fourth-order valence-corrected chi connectivity index (χ4v) is 5.53. The number of hydrogen-bond acceptors (Lipinski definition) is 0. The Bertz CT molecular complexity index is 395. The molecule has 0 amide bonds. The molecular weight excluding hydrogens is 432 g/mol. The van der Waals surface area contributed by atoms with Crippen molar-refractivity contribution in [1.82, 2.24) is 0 Å². The van der Waals surface area contributed by atoms with Gasteiger partial charge in [0.05, 0.1) is 0 Å². The molecule has 0 aromatic heterocycles. The lowest BCUT2D eigenvalue weighted by Crippen LogP contribution is -1.88. The smallest absolute Gasteiger partial charge is 0.0262 e. The monoisotopic (exact) mass is 505 g/mol. The van der Waals surface area contributed by atoms with Gasteiger partial charge in [-0.3, -0.25) is 0 Å². The van der Waals surface area contributed by atoms with Crippen molar-refractivity contribution in [3.05, 3.63) is 12.2 Å². The summed E-state index contributed by atoms with van der Waals surface area (Å²) in [5.74, 6) is 0.786. The van der Waals surface area contributed by atoms with Crippen molar-refractivity contribution in [2.75, 3.05) is 0 Å². The molecule has 0 bridgehead atoms. The molecule has 0 radical (unpaired) electrons. The zero-order valence-electron chi connectivity index (χ0n) is 25.9. The van der Waals surface area contributed by atoms with Gasteiger partial charge in [-0.15, -0.1) is 0 Å². The average Bonchev–Trinajstić information content (AvgIpc) is 2.89. The van der Waals surface area contributed by atoms with Crippen molar-refractivity contribution in [2.45, 2.75) is 213 Å². The van der Waals surface area contributed by atoms with Gasteiger partial charge >= 0.3 is 0 Å². The predicted molar refractivity (Wildman–Crippen MR) is 168 cm³/mol. The summed E-state index contributed by atoms with van der Waals surface area (Å²) in [4.78, 5) is 0. The van der Waals surface area contributed by atoms with Crippen LogP contribution in [-0.4, -0.2) is 0 Å². The van der Waals surface area contributed by atoms with Crippen molar-refractivity contribution in [3.8, 4) is 0 Å². The van der Waals surface area contributed by atoms with Gasteiger partial charge < -0.3 is 0 Å². The SMILES string of the molecule is CCCCCCCCCCCCCCCCCCCCCCCCCCCCC=CC(C)CCCC. The summed E-state index contributed by atoms with van der Waals surface area (Å²) in [5, 5.41) is 0. The van der Waals surface area contributed by atoms with Gasteiger partial charge in [0.25, 0.3) is 0 Å². The molecule has 1 atom stereocenters. The van der Waals surface area contributed by atoms with Gasteiger partial charge in [-0.1, -0.05) is 206 Å². The van der Waals surface area contributed by atoms with E-state index in [4.69, 9.17) is 0 Å². The summed E-state index contributed by atoms with van der Waals surface area (Å²) >= 11 is 0. The molecule has 0 aliphatic rings. The highest BCUT2D eigenvalue weighted by Crippen LogP contribution is 2.16. The van der Waals surface area contributed by atoms with Gasteiger partial charge in [0.1, 0.15) is 0 Å². The summed E-state index contributed by atoms with van der Waals surface area (Å²) in [5.41, 5.74) is 0. The maximum absolute atomic E-state index is 2.45. The molecule has 0 aliphatic carbocycles. The third-order valence-corrected chi connectivity index (χ3v) is 8.20. The van der Waals surface area contributed by atoms with Crippen LogP contribution in [0.5, 0.6) is 0 Å². The Labute approximate surface area is 231 Å². The molecule has 216 valence electrons. The maximum atomic E-state index is 2.45. The second-order valence-electron chi connectivity index (χ2n) is 12.2. The largest absolute Gasteiger partial charge is 0.0883 e. The number of allylic oxidation sites excluding steroid dienone is 2. The fourth-order valence-electron chi connectivity index (χ4n) is 5.53. The summed E-state index contributed by atoms with van der Waals surface area (Å²) in [6.45, 7) is 6.97. The molecule has 0 aromatic carbocycles. The highest BCUT2D eigenvalue weighted by Gasteiger charge is 1.97. The Hall–Kier alpha value is -0.260. The molecule has 0 spiro atoms. The Balaban J connectivity index is 3.08. The minimum Gasteiger partial charge on any atom is -0.0883 e. The lowest BCUT2D eigenvalue weighted by atomic mass is 10.0. The van der Waals surface area contributed by atoms with Crippen molar-refractivity contribution >= 4 is 0 Å². The first-order valence-corrected chi connectivity index (χ1v) is 17.5. The molecule has 0 heterocycles. The molecule has 36 heavy (non-hydrogen) atoms. The van der Waals surface area contributed by atoms with Crippen LogP contribution in [0, 0.1) is 5.92 Å². The normalized spacial score (nSPS) is 12.6. The predicted octanol–water partition coefficient (Wildman–Crippen LogP) is 13.9. The molecule has 0 heteroatoms. The second kappa shape index (κ2) is 32.8. The molecular formula is C36H72. The van der Waals surface area contributed by atoms with Crippen molar-refractivity contribution < 1.29 is 0 Å². The van der Waals surface area contributed by atoms with Crippen LogP contribution >= 0.6 is 0 Å². The minimum atomic E-state index is 0.786. The molecule has 0 saturated heterocycles. The van der Waals surface area contributed by atoms with E-state index in [-0.39, 0.29) is 0 Å². The van der Waals surface area contributed by atoms with Gasteiger partial charge in [0, 0.05) is 0 Å². The molecule has 0 aliphatic heterocycles. The topological polar surface area (TPSA) is 0 Å². The fraction of sp³-hybridized carbons (Fsp3) is 0.944. The summed E-state index contributed by atoms with van der Waals surface area (Å²) in [7, 11) is 0. The van der Waals surface area contributed by atoms with E-state index in [1.807, 2.05) is 0 Å². The van der Waals surface area contributed by atoms with Crippen molar-refractivity contribution in [1.29, 1.82) is 0 Å². The van der Waals surface area contributed by atoms with E-state index in [9.17, 15) is 0 Å². The van der Waals surface area contributed by atoms with E-state index < -0.39 is 0 Å². The van der Waals surface area contributed by atoms with Gasteiger partial charge in [0.2, 0.25) is 0 Å². The van der Waals surface area contributed by atoms with E-state index in [2.05, 4.69) is 32.9 Å². The first-order chi connectivity index (χ1) is 17.8. The quantitative estimate of drug-likeness (QED) is 0.0650. The lowest BCUT2D eigenvalue weighted by Gasteiger charge is -2.05. The molecule has 0 fully saturated rings. The van der Waals surface area contributed by atoms with Crippen molar-refractivity contribution in [3.63, 3.8) is 0 Å². The van der Waals surface area contributed by atoms with Gasteiger partial charge in [-0.2, -0.15) is 0 Å². The second-order valence-corrected chi connectivity index (χ2v) is 12.2. The van der Waals surface area contributed by atoms with Gasteiger partial charge in [-0.25, -0.2) is 0 Å². The summed E-state index contributed by atoms with van der Waals surface area (Å²) in [6, 6.07) is 0. The molecule has 0 rings (SSSR count). The Morgan fingerprint density at radius 3 is 0.944 bits per heavy atom. The third kappa shape index (κ3) is 31.8. The lowest BCUT2D eigenvalue weighted by molar-refractivity contribution is 0.515. The molecule has 0 aromatic rings. The summed E-state index contributed by atoms with van der Waals surface area (Å²) in [6.07, 6.45) is 48.6. The first kappa shape index (κ1) is 35.7. The highest BCUT2D eigenvalue weighted by atomic mass is 14.0. The van der Waals surface area contributed by atoms with E-state index in [1.54, 1.807) is 0 Å². The third-order valence-electron chi connectivity index (χ3n) is 8.20. The van der Waals surface area contributed by atoms with Gasteiger partial charge in [0.15, 0.2) is 0 Å². The molecule has 0 N–H and O–H groups in total. The number of rotatable bonds is 31. The number of unbranched alkanes of at least 4 members (excludes halogenated alkanes) is 27. The summed E-state index contributed by atoms with van der Waals surface area (Å²) < 4.78 is 0. The maximum Gasteiger partial charge on any atom is -0.0262 e. The van der Waals surface area contributed by atoms with Crippen LogP contribution in [0.15, 0.2) is 12.2 Å². The minimum absolute atomic E-state index is 0.786. The van der Waals surface area contributed by atoms with Crippen LogP contribution in [-0.2, 0) is 0 Å². The zero-order valence-corrected chi connectivity index (χ0v) is 25.9. The van der Waals surface area contributed by atoms with E-state index in [0.717, 1.165) is 5.92 Å². The Morgan fingerprint density at radius 2 is 0.639 bits per heavy atom. The molecule has 0 nitrogen and oxygen atoms in total. The van der Waals surface area contributed by atoms with E-state index >= 15 is 0 Å². The van der Waals surface area contributed by atoms with Crippen LogP contribution in [0.3, 0.4) is 0 Å². The van der Waals surface area contributed by atoms with E-state index in [0.29, 0.717) is 0 Å². The molecule has 1 unspecified atom stereocenters. The number of hydrogen-bond donors (Lipinski definition) is 0. The Morgan fingerprint density at radius 1 is 0.361 bits per heavy atom. The average molecular weight is 505 g/mol. The first-order valence-electron chi connectivity index (χ1n) is 17.5. The zero-order chi connectivity index (χ0) is 26.2. The molecule has 0 saturated carbocycles. The Kier molecular flexibility index (Phi) is 32.5. The van der Waals surface area contributed by atoms with Crippen LogP contribution < -0.4 is 0 Å². The van der Waals surface area contributed by atoms with Crippen LogP contribution in [0.4, 0.5) is 0 Å². The van der Waals surface area contributed by atoms with Crippen LogP contribution in [0.2, 0.25) is 0 Å². The van der Waals surface area contributed by atoms with Gasteiger partial charge in [-0.05, 0) is 25.2 Å². The van der Waals surface area contributed by atoms with E-state index in [1.165, 1.54) is 193 Å². The van der Waals surface area contributed by atoms with Crippen molar-refractivity contribution in [2.24, 2.45) is 5.92 Å². The highest BCUT2D eigenvalue weighted by molar-refractivity contribution is 4.86. The standard InChI is InChI=1S/C36H72/c1-4-6-8-9-10-11-12-13-14-15-16-17-18-19-20-21-22-23-24-25-26-27-28-29-30-31-32-33-35-36(3)34-7-5-2/h33,35-36H,4-32,34H2,1-3H3.